The fourth-order valence-corrected chi connectivity index (χ4v) is 8.00. The summed E-state index contributed by atoms with van der Waals surface area (Å²) in [6.45, 7) is 21.6. The maximum absolute atomic E-state index is 14.2. The van der Waals surface area contributed by atoms with E-state index in [4.69, 9.17) is 8.85 Å². The van der Waals surface area contributed by atoms with E-state index in [0.29, 0.717) is 25.7 Å². The van der Waals surface area contributed by atoms with Crippen molar-refractivity contribution in [2.75, 3.05) is 0 Å². The predicted molar refractivity (Wildman–Crippen MR) is 164 cm³/mol. The number of halogens is 5. The highest BCUT2D eigenvalue weighted by Gasteiger charge is 2.42. The first-order valence-electron chi connectivity index (χ1n) is 14.5. The molecule has 5 nitrogen and oxygen atoms in total. The van der Waals surface area contributed by atoms with E-state index >= 15 is 0 Å². The highest BCUT2D eigenvalue weighted by Crippen LogP contribution is 2.45. The Balaban J connectivity index is 1.87. The summed E-state index contributed by atoms with van der Waals surface area (Å²) in [7, 11) is -9.42. The van der Waals surface area contributed by atoms with Crippen molar-refractivity contribution >= 4 is 26.7 Å². The van der Waals surface area contributed by atoms with Crippen molar-refractivity contribution in [1.29, 1.82) is 0 Å². The monoisotopic (exact) mass is 665 g/mol. The maximum Gasteiger partial charge on any atom is 0.250 e. The second-order valence-electron chi connectivity index (χ2n) is 14.5. The van der Waals surface area contributed by atoms with Crippen LogP contribution in [0.3, 0.4) is 0 Å². The molecule has 0 radical (unpaired) electrons. The fraction of sp³-hybridized carbons (Fsp3) is 0.600. The Kier molecular flexibility index (Phi) is 9.98. The molecule has 1 fully saturated rings. The van der Waals surface area contributed by atoms with E-state index in [-0.39, 0.29) is 16.0 Å². The predicted octanol–water partition coefficient (Wildman–Crippen LogP) is 9.15. The van der Waals surface area contributed by atoms with Gasteiger partial charge in [0.05, 0.1) is 0 Å². The molecule has 1 saturated carbocycles. The second kappa shape index (κ2) is 12.1. The second-order valence-corrected chi connectivity index (χ2v) is 25.6. The van der Waals surface area contributed by atoms with Crippen LogP contribution in [0.4, 0.5) is 22.0 Å². The zero-order valence-corrected chi connectivity index (χ0v) is 29.5. The fourth-order valence-electron chi connectivity index (χ4n) is 4.50. The van der Waals surface area contributed by atoms with Gasteiger partial charge < -0.3 is 8.85 Å². The zero-order valence-electron chi connectivity index (χ0n) is 26.6. The summed E-state index contributed by atoms with van der Waals surface area (Å²) in [5.41, 5.74) is 0.966. The molecule has 0 aliphatic heterocycles. The Hall–Kier alpha value is -1.97. The number of nitrogens with one attached hydrogen (secondary N) is 1. The van der Waals surface area contributed by atoms with Crippen LogP contribution in [0.5, 0.6) is 11.5 Å². The molecule has 0 aromatic heterocycles. The lowest BCUT2D eigenvalue weighted by Gasteiger charge is -2.39. The van der Waals surface area contributed by atoms with Gasteiger partial charge in [0.1, 0.15) is 11.5 Å². The quantitative estimate of drug-likeness (QED) is 0.132. The summed E-state index contributed by atoms with van der Waals surface area (Å²) in [6, 6.07) is 5.14. The molecule has 0 saturated heterocycles. The minimum Gasteiger partial charge on any atom is -0.543 e. The molecule has 0 unspecified atom stereocenters. The maximum atomic E-state index is 14.2. The lowest BCUT2D eigenvalue weighted by Crippen LogP contribution is -2.44. The van der Waals surface area contributed by atoms with Gasteiger partial charge in [-0.3, -0.25) is 0 Å². The van der Waals surface area contributed by atoms with Gasteiger partial charge >= 0.3 is 0 Å². The Morgan fingerprint density at radius 1 is 0.721 bits per heavy atom. The molecule has 0 amide bonds. The molecule has 0 bridgehead atoms. The number of hydrogen-bond donors (Lipinski definition) is 1. The molecule has 43 heavy (non-hydrogen) atoms. The van der Waals surface area contributed by atoms with Crippen LogP contribution >= 0.6 is 0 Å². The van der Waals surface area contributed by atoms with E-state index in [1.54, 1.807) is 0 Å². The van der Waals surface area contributed by atoms with Crippen molar-refractivity contribution in [1.82, 2.24) is 4.72 Å². The van der Waals surface area contributed by atoms with Crippen molar-refractivity contribution < 1.29 is 39.2 Å². The SMILES string of the molecule is CC(C)(C)[Si](C)(C)Oc1ccc(C2CCC(NS(=O)(=O)c3c(F)c(F)c(F)c(F)c3F)CC2)c(O[Si](C)(C)C(C)(C)C)c1. The van der Waals surface area contributed by atoms with Gasteiger partial charge in [0.15, 0.2) is 28.2 Å². The van der Waals surface area contributed by atoms with Crippen LogP contribution < -0.4 is 13.6 Å². The lowest BCUT2D eigenvalue weighted by molar-refractivity contribution is 0.351. The number of sulfonamides is 1. The lowest BCUT2D eigenvalue weighted by atomic mass is 9.81. The Labute approximate surface area is 254 Å². The van der Waals surface area contributed by atoms with Crippen molar-refractivity contribution in [2.24, 2.45) is 0 Å². The molecule has 1 N–H and O–H groups in total. The third-order valence-electron chi connectivity index (χ3n) is 9.26. The third-order valence-corrected chi connectivity index (χ3v) is 19.5. The van der Waals surface area contributed by atoms with Crippen LogP contribution in [0.25, 0.3) is 0 Å². The third kappa shape index (κ3) is 7.47. The minimum absolute atomic E-state index is 0.00312. The van der Waals surface area contributed by atoms with Gasteiger partial charge in [-0.05, 0) is 79.5 Å². The van der Waals surface area contributed by atoms with E-state index < -0.39 is 66.7 Å². The molecular formula is C30H44F5NO4SSi2. The van der Waals surface area contributed by atoms with E-state index in [1.807, 2.05) is 18.2 Å². The van der Waals surface area contributed by atoms with Crippen molar-refractivity contribution in [2.45, 2.75) is 120 Å². The Bertz CT molecular complexity index is 1430. The molecule has 0 atom stereocenters. The highest BCUT2D eigenvalue weighted by molar-refractivity contribution is 7.89. The molecule has 2 aromatic rings. The van der Waals surface area contributed by atoms with Crippen molar-refractivity contribution in [3.63, 3.8) is 0 Å². The molecule has 0 spiro atoms. The minimum atomic E-state index is -5.03. The van der Waals surface area contributed by atoms with E-state index in [0.717, 1.165) is 17.1 Å². The number of hydrogen-bond acceptors (Lipinski definition) is 4. The van der Waals surface area contributed by atoms with E-state index in [2.05, 4.69) is 72.5 Å². The number of rotatable bonds is 8. The van der Waals surface area contributed by atoms with Gasteiger partial charge in [-0.2, -0.15) is 0 Å². The summed E-state index contributed by atoms with van der Waals surface area (Å²) >= 11 is 0. The van der Waals surface area contributed by atoms with Crippen LogP contribution in [-0.2, 0) is 10.0 Å². The molecule has 13 heteroatoms. The molecule has 0 heterocycles. The smallest absolute Gasteiger partial charge is 0.250 e. The van der Waals surface area contributed by atoms with Gasteiger partial charge in [-0.1, -0.05) is 47.6 Å². The summed E-state index contributed by atoms with van der Waals surface area (Å²) in [4.78, 5) is -1.87. The normalized spacial score (nSPS) is 19.0. The van der Waals surface area contributed by atoms with Gasteiger partial charge in [0, 0.05) is 12.1 Å². The topological polar surface area (TPSA) is 64.6 Å². The summed E-state index contributed by atoms with van der Waals surface area (Å²) < 4.78 is 110. The number of benzene rings is 2. The van der Waals surface area contributed by atoms with Gasteiger partial charge in [-0.25, -0.2) is 35.1 Å². The van der Waals surface area contributed by atoms with E-state index in [9.17, 15) is 30.4 Å². The Morgan fingerprint density at radius 2 is 1.16 bits per heavy atom. The molecule has 242 valence electrons. The summed E-state index contributed by atoms with van der Waals surface area (Å²) in [6.07, 6.45) is 1.61. The molecule has 1 aliphatic rings. The summed E-state index contributed by atoms with van der Waals surface area (Å²) in [5.74, 6) is -10.3. The molecule has 2 aromatic carbocycles. The standard InChI is InChI=1S/C30H44F5NO4SSi2/c1-29(2,3)42(7,8)39-20-15-16-21(22(17-20)40-43(9,10)30(4,5)6)18-11-13-19(14-12-18)36-41(37,38)28-26(34)24(32)23(31)25(33)27(28)35/h15-19,36H,11-14H2,1-10H3. The first kappa shape index (κ1) is 35.5. The van der Waals surface area contributed by atoms with E-state index in [1.165, 1.54) is 0 Å². The largest absolute Gasteiger partial charge is 0.543 e. The summed E-state index contributed by atoms with van der Waals surface area (Å²) in [5, 5.41) is -0.0739. The van der Waals surface area contributed by atoms with Crippen molar-refractivity contribution in [3.05, 3.63) is 52.8 Å². The van der Waals surface area contributed by atoms with Crippen LogP contribution in [-0.4, -0.2) is 31.1 Å². The van der Waals surface area contributed by atoms with Crippen LogP contribution in [0.15, 0.2) is 23.1 Å². The van der Waals surface area contributed by atoms with Gasteiger partial charge in [0.2, 0.25) is 32.5 Å². The first-order chi connectivity index (χ1) is 19.4. The van der Waals surface area contributed by atoms with Gasteiger partial charge in [0.25, 0.3) is 0 Å². The Morgan fingerprint density at radius 3 is 1.63 bits per heavy atom. The van der Waals surface area contributed by atoms with Crippen LogP contribution in [0.1, 0.15) is 78.7 Å². The highest BCUT2D eigenvalue weighted by atomic mass is 32.2. The van der Waals surface area contributed by atoms with Gasteiger partial charge in [-0.15, -0.1) is 0 Å². The zero-order chi connectivity index (χ0) is 32.9. The average Bonchev–Trinajstić information content (AvgIpc) is 2.85. The molecular weight excluding hydrogens is 622 g/mol. The molecule has 1 aliphatic carbocycles. The van der Waals surface area contributed by atoms with Crippen LogP contribution in [0, 0.1) is 29.1 Å². The van der Waals surface area contributed by atoms with Crippen molar-refractivity contribution in [3.8, 4) is 11.5 Å². The molecule has 3 rings (SSSR count). The average molecular weight is 666 g/mol. The first-order valence-corrected chi connectivity index (χ1v) is 21.8. The van der Waals surface area contributed by atoms with Crippen LogP contribution in [0.2, 0.25) is 36.3 Å².